The molecule has 0 atom stereocenters. The van der Waals surface area contributed by atoms with Crippen LogP contribution in [-0.2, 0) is 0 Å². The van der Waals surface area contributed by atoms with Gasteiger partial charge in [0, 0.05) is 10.8 Å². The van der Waals surface area contributed by atoms with E-state index in [2.05, 4.69) is 16.3 Å². The van der Waals surface area contributed by atoms with Crippen molar-refractivity contribution >= 4 is 10.8 Å². The number of fused-ring (bicyclic) bond motifs is 1. The van der Waals surface area contributed by atoms with E-state index in [0.717, 1.165) is 22.2 Å². The molecule has 0 spiro atoms. The number of benzene rings is 1. The van der Waals surface area contributed by atoms with E-state index in [0.29, 0.717) is 5.56 Å². The summed E-state index contributed by atoms with van der Waals surface area (Å²) < 4.78 is 0. The summed E-state index contributed by atoms with van der Waals surface area (Å²) in [7, 11) is 0. The van der Waals surface area contributed by atoms with Crippen molar-refractivity contribution in [3.63, 3.8) is 0 Å². The number of hydrogen-bond acceptors (Lipinski definition) is 3. The van der Waals surface area contributed by atoms with Crippen LogP contribution >= 0.6 is 0 Å². The molecule has 0 unspecified atom stereocenters. The Morgan fingerprint density at radius 1 is 1.07 bits per heavy atom. The van der Waals surface area contributed by atoms with Crippen LogP contribution in [0.5, 0.6) is 0 Å². The van der Waals surface area contributed by atoms with E-state index < -0.39 is 0 Å². The van der Waals surface area contributed by atoms with E-state index in [9.17, 15) is 0 Å². The van der Waals surface area contributed by atoms with Crippen LogP contribution in [0.2, 0.25) is 0 Å². The van der Waals surface area contributed by atoms with Crippen LogP contribution < -0.4 is 0 Å². The van der Waals surface area contributed by atoms with Crippen LogP contribution in [-0.4, -0.2) is 10.2 Å². The van der Waals surface area contributed by atoms with Crippen LogP contribution in [0.4, 0.5) is 0 Å². The van der Waals surface area contributed by atoms with Crippen molar-refractivity contribution < 1.29 is 0 Å². The fraction of sp³-hybridized carbons (Fsp3) is 0.182. The lowest BCUT2D eigenvalue weighted by Gasteiger charge is -2.02. The Kier molecular flexibility index (Phi) is 1.90. The van der Waals surface area contributed by atoms with Gasteiger partial charge in [-0.2, -0.15) is 15.5 Å². The van der Waals surface area contributed by atoms with E-state index in [1.807, 2.05) is 26.0 Å². The molecule has 3 heteroatoms. The summed E-state index contributed by atoms with van der Waals surface area (Å²) in [5.41, 5.74) is 2.42. The maximum absolute atomic E-state index is 8.77. The van der Waals surface area contributed by atoms with Crippen molar-refractivity contribution in [1.29, 1.82) is 5.26 Å². The third kappa shape index (κ3) is 1.21. The lowest BCUT2D eigenvalue weighted by atomic mass is 10.1. The van der Waals surface area contributed by atoms with Crippen LogP contribution in [0, 0.1) is 25.2 Å². The van der Waals surface area contributed by atoms with Crippen LogP contribution in [0.15, 0.2) is 18.2 Å². The first kappa shape index (κ1) is 8.64. The number of aryl methyl sites for hydroxylation is 2. The summed E-state index contributed by atoms with van der Waals surface area (Å²) in [6.07, 6.45) is 0. The Morgan fingerprint density at radius 2 is 1.71 bits per heavy atom. The summed E-state index contributed by atoms with van der Waals surface area (Å²) >= 11 is 0. The minimum Gasteiger partial charge on any atom is -0.192 e. The maximum Gasteiger partial charge on any atom is 0.0991 e. The molecular formula is C11H9N3. The minimum atomic E-state index is 0.660. The molecule has 0 aliphatic heterocycles. The molecule has 0 saturated carbocycles. The van der Waals surface area contributed by atoms with Gasteiger partial charge in [-0.15, -0.1) is 0 Å². The standard InChI is InChI=1S/C11H9N3/c1-7-10-4-3-9(6-12)5-11(10)8(2)14-13-7/h3-5H,1-2H3. The summed E-state index contributed by atoms with van der Waals surface area (Å²) in [5.74, 6) is 0. The summed E-state index contributed by atoms with van der Waals surface area (Å²) in [5, 5.41) is 18.9. The quantitative estimate of drug-likeness (QED) is 0.628. The average molecular weight is 183 g/mol. The van der Waals surface area contributed by atoms with Gasteiger partial charge in [0.15, 0.2) is 0 Å². The highest BCUT2D eigenvalue weighted by Gasteiger charge is 2.03. The summed E-state index contributed by atoms with van der Waals surface area (Å²) in [6, 6.07) is 7.69. The van der Waals surface area contributed by atoms with E-state index in [1.165, 1.54) is 0 Å². The molecular weight excluding hydrogens is 174 g/mol. The number of rotatable bonds is 0. The zero-order valence-corrected chi connectivity index (χ0v) is 8.07. The average Bonchev–Trinajstić information content (AvgIpc) is 2.23. The van der Waals surface area contributed by atoms with Gasteiger partial charge in [-0.05, 0) is 26.0 Å². The summed E-state index contributed by atoms with van der Waals surface area (Å²) in [6.45, 7) is 3.82. The fourth-order valence-corrected chi connectivity index (χ4v) is 1.49. The second kappa shape index (κ2) is 3.08. The lowest BCUT2D eigenvalue weighted by molar-refractivity contribution is 0.964. The molecule has 1 aromatic carbocycles. The van der Waals surface area contributed by atoms with Crippen molar-refractivity contribution in [2.45, 2.75) is 13.8 Å². The zero-order valence-electron chi connectivity index (χ0n) is 8.07. The predicted octanol–water partition coefficient (Wildman–Crippen LogP) is 2.12. The SMILES string of the molecule is Cc1nnc(C)c2cc(C#N)ccc12. The molecule has 68 valence electrons. The van der Waals surface area contributed by atoms with E-state index in [4.69, 9.17) is 5.26 Å². The Balaban J connectivity index is 2.89. The second-order valence-electron chi connectivity index (χ2n) is 3.24. The first-order valence-corrected chi connectivity index (χ1v) is 4.36. The van der Waals surface area contributed by atoms with Gasteiger partial charge in [-0.1, -0.05) is 6.07 Å². The Labute approximate surface area is 82.0 Å². The highest BCUT2D eigenvalue weighted by molar-refractivity contribution is 5.87. The molecule has 0 bridgehead atoms. The van der Waals surface area contributed by atoms with Gasteiger partial charge in [0.05, 0.1) is 23.0 Å². The monoisotopic (exact) mass is 183 g/mol. The zero-order chi connectivity index (χ0) is 10.1. The van der Waals surface area contributed by atoms with Gasteiger partial charge >= 0.3 is 0 Å². The van der Waals surface area contributed by atoms with Gasteiger partial charge in [0.2, 0.25) is 0 Å². The first-order chi connectivity index (χ1) is 6.72. The number of hydrogen-bond donors (Lipinski definition) is 0. The number of nitriles is 1. The van der Waals surface area contributed by atoms with Crippen LogP contribution in [0.25, 0.3) is 10.8 Å². The van der Waals surface area contributed by atoms with Crippen molar-refractivity contribution in [2.24, 2.45) is 0 Å². The molecule has 0 aliphatic carbocycles. The van der Waals surface area contributed by atoms with Crippen molar-refractivity contribution in [3.05, 3.63) is 35.2 Å². The molecule has 0 fully saturated rings. The number of aromatic nitrogens is 2. The number of nitrogens with zero attached hydrogens (tertiary/aromatic N) is 3. The van der Waals surface area contributed by atoms with Crippen molar-refractivity contribution in [1.82, 2.24) is 10.2 Å². The second-order valence-corrected chi connectivity index (χ2v) is 3.24. The van der Waals surface area contributed by atoms with Gasteiger partial charge in [0.25, 0.3) is 0 Å². The molecule has 1 aromatic heterocycles. The van der Waals surface area contributed by atoms with Gasteiger partial charge in [0.1, 0.15) is 0 Å². The van der Waals surface area contributed by atoms with Gasteiger partial charge < -0.3 is 0 Å². The molecule has 0 amide bonds. The van der Waals surface area contributed by atoms with E-state index >= 15 is 0 Å². The molecule has 0 N–H and O–H groups in total. The maximum atomic E-state index is 8.77. The van der Waals surface area contributed by atoms with Crippen LogP contribution in [0.3, 0.4) is 0 Å². The third-order valence-corrected chi connectivity index (χ3v) is 2.28. The molecule has 0 aliphatic rings. The molecule has 0 radical (unpaired) electrons. The summed E-state index contributed by atoms with van der Waals surface area (Å²) in [4.78, 5) is 0. The fourth-order valence-electron chi connectivity index (χ4n) is 1.49. The Bertz CT molecular complexity index is 538. The third-order valence-electron chi connectivity index (χ3n) is 2.28. The first-order valence-electron chi connectivity index (χ1n) is 4.36. The molecule has 2 aromatic rings. The molecule has 3 nitrogen and oxygen atoms in total. The Hall–Kier alpha value is -1.95. The van der Waals surface area contributed by atoms with Gasteiger partial charge in [-0.3, -0.25) is 0 Å². The normalized spacial score (nSPS) is 10.1. The Morgan fingerprint density at radius 3 is 2.36 bits per heavy atom. The topological polar surface area (TPSA) is 49.6 Å². The van der Waals surface area contributed by atoms with E-state index in [1.54, 1.807) is 6.07 Å². The van der Waals surface area contributed by atoms with Crippen molar-refractivity contribution in [2.75, 3.05) is 0 Å². The van der Waals surface area contributed by atoms with E-state index in [-0.39, 0.29) is 0 Å². The highest BCUT2D eigenvalue weighted by atomic mass is 15.1. The largest absolute Gasteiger partial charge is 0.192 e. The molecule has 0 saturated heterocycles. The van der Waals surface area contributed by atoms with Gasteiger partial charge in [-0.25, -0.2) is 0 Å². The molecule has 1 heterocycles. The molecule has 2 rings (SSSR count). The lowest BCUT2D eigenvalue weighted by Crippen LogP contribution is -1.93. The van der Waals surface area contributed by atoms with Crippen LogP contribution in [0.1, 0.15) is 17.0 Å². The van der Waals surface area contributed by atoms with Crippen molar-refractivity contribution in [3.8, 4) is 6.07 Å². The minimum absolute atomic E-state index is 0.660. The predicted molar refractivity (Wildman–Crippen MR) is 53.7 cm³/mol. The highest BCUT2D eigenvalue weighted by Crippen LogP contribution is 2.19. The smallest absolute Gasteiger partial charge is 0.0991 e. The molecule has 14 heavy (non-hydrogen) atoms.